The molecule has 59 heavy (non-hydrogen) atoms. The predicted molar refractivity (Wildman–Crippen MR) is 257 cm³/mol. The molecular weight excluding hydrogens is 969 g/mol. The second-order valence-corrected chi connectivity index (χ2v) is 18.5. The SMILES string of the molecule is C.CCCCn1c(=O)c2c(C)c(Br)sc2n(C)c1=O.CCCCn1c(=O)c2c(C)csc2n(C)c1=O.CO.Cc1c(Br)sc2c1c(=O)n(CCCO)c(=O)n2C.[B]=NS. The number of hydrogen-bond donors (Lipinski definition) is 3. The van der Waals surface area contributed by atoms with Crippen LogP contribution in [0.1, 0.15) is 70.1 Å². The maximum absolute atomic E-state index is 12.4. The van der Waals surface area contributed by atoms with Gasteiger partial charge in [-0.15, -0.1) is 34.0 Å². The van der Waals surface area contributed by atoms with Crippen molar-refractivity contribution >= 4 is 117 Å². The topological polar surface area (TPSA) is 185 Å². The molecule has 1 radical (unpaired) electrons. The van der Waals surface area contributed by atoms with E-state index in [9.17, 15) is 28.8 Å². The van der Waals surface area contributed by atoms with Crippen LogP contribution < -0.4 is 33.7 Å². The molecule has 0 fully saturated rings. The summed E-state index contributed by atoms with van der Waals surface area (Å²) < 4.78 is 13.0. The molecule has 6 rings (SSSR count). The van der Waals surface area contributed by atoms with Crippen LogP contribution in [0, 0.1) is 20.8 Å². The number of aromatic nitrogens is 6. The van der Waals surface area contributed by atoms with Gasteiger partial charge in [0.2, 0.25) is 0 Å². The Morgan fingerprint density at radius 2 is 0.983 bits per heavy atom. The molecule has 0 saturated heterocycles. The van der Waals surface area contributed by atoms with E-state index in [-0.39, 0.29) is 54.3 Å². The fourth-order valence-electron chi connectivity index (χ4n) is 5.78. The van der Waals surface area contributed by atoms with Crippen LogP contribution in [0.25, 0.3) is 30.6 Å². The number of halogens is 2. The molecule has 0 aromatic carbocycles. The van der Waals surface area contributed by atoms with Crippen LogP contribution in [0.15, 0.2) is 46.0 Å². The Balaban J connectivity index is 0.000000416. The molecular formula is C37H53BBr2N7O8S4. The summed E-state index contributed by atoms with van der Waals surface area (Å²) in [7, 11) is 10.4. The van der Waals surface area contributed by atoms with Gasteiger partial charge in [0.1, 0.15) is 14.5 Å². The van der Waals surface area contributed by atoms with E-state index in [1.807, 2.05) is 40.0 Å². The molecule has 6 heterocycles. The minimum absolute atomic E-state index is 0. The van der Waals surface area contributed by atoms with Gasteiger partial charge in [-0.1, -0.05) is 34.1 Å². The van der Waals surface area contributed by atoms with E-state index in [2.05, 4.69) is 56.6 Å². The van der Waals surface area contributed by atoms with Crippen molar-refractivity contribution in [2.75, 3.05) is 13.7 Å². The van der Waals surface area contributed by atoms with Gasteiger partial charge in [-0.3, -0.25) is 41.8 Å². The summed E-state index contributed by atoms with van der Waals surface area (Å²) in [5.41, 5.74) is 1.37. The van der Waals surface area contributed by atoms with E-state index in [0.717, 1.165) is 66.7 Å². The van der Waals surface area contributed by atoms with E-state index in [1.165, 1.54) is 52.3 Å². The molecule has 0 amide bonds. The maximum atomic E-state index is 12.4. The molecule has 0 aliphatic rings. The molecule has 0 saturated carbocycles. The number of fused-ring (bicyclic) bond motifs is 3. The van der Waals surface area contributed by atoms with Crippen LogP contribution in [-0.2, 0) is 40.8 Å². The van der Waals surface area contributed by atoms with Gasteiger partial charge in [0.15, 0.2) is 0 Å². The molecule has 0 atom stereocenters. The Labute approximate surface area is 377 Å². The number of thiol groups is 1. The number of unbranched alkanes of at least 4 members (excludes halogenated alkanes) is 2. The summed E-state index contributed by atoms with van der Waals surface area (Å²) in [5, 5.41) is 19.7. The summed E-state index contributed by atoms with van der Waals surface area (Å²) >= 11 is 14.3. The van der Waals surface area contributed by atoms with Crippen LogP contribution in [-0.4, -0.2) is 59.0 Å². The minimum atomic E-state index is -0.338. The van der Waals surface area contributed by atoms with Gasteiger partial charge in [-0.25, -0.2) is 14.4 Å². The number of aliphatic hydroxyl groups is 2. The molecule has 325 valence electrons. The van der Waals surface area contributed by atoms with Crippen molar-refractivity contribution in [1.29, 1.82) is 0 Å². The quantitative estimate of drug-likeness (QED) is 0.114. The zero-order valence-electron chi connectivity index (χ0n) is 33.9. The predicted octanol–water partition coefficient (Wildman–Crippen LogP) is 6.15. The van der Waals surface area contributed by atoms with E-state index < -0.39 is 0 Å². The van der Waals surface area contributed by atoms with Crippen molar-refractivity contribution in [2.45, 2.75) is 93.8 Å². The van der Waals surface area contributed by atoms with Crippen molar-refractivity contribution in [2.24, 2.45) is 25.4 Å². The monoisotopic (exact) mass is 1020 g/mol. The van der Waals surface area contributed by atoms with Gasteiger partial charge in [0, 0.05) is 54.5 Å². The molecule has 0 unspecified atom stereocenters. The van der Waals surface area contributed by atoms with E-state index in [1.54, 1.807) is 30.3 Å². The van der Waals surface area contributed by atoms with Crippen LogP contribution in [0.3, 0.4) is 0 Å². The van der Waals surface area contributed by atoms with E-state index >= 15 is 0 Å². The van der Waals surface area contributed by atoms with Crippen molar-refractivity contribution in [3.63, 3.8) is 0 Å². The van der Waals surface area contributed by atoms with Crippen molar-refractivity contribution in [3.8, 4) is 0 Å². The Kier molecular flexibility index (Phi) is 23.0. The van der Waals surface area contributed by atoms with Gasteiger partial charge >= 0.3 is 41.8 Å². The summed E-state index contributed by atoms with van der Waals surface area (Å²) in [5.74, 6) is 0. The van der Waals surface area contributed by atoms with Crippen LogP contribution >= 0.6 is 78.7 Å². The van der Waals surface area contributed by atoms with E-state index in [4.69, 9.17) is 10.2 Å². The van der Waals surface area contributed by atoms with Crippen molar-refractivity contribution in [1.82, 2.24) is 27.4 Å². The number of nitrogens with zero attached hydrogens (tertiary/aromatic N) is 7. The van der Waals surface area contributed by atoms with Gasteiger partial charge in [0.25, 0.3) is 16.7 Å². The summed E-state index contributed by atoms with van der Waals surface area (Å²) in [6.07, 6.45) is 4.01. The molecule has 0 spiro atoms. The molecule has 6 aromatic heterocycles. The molecule has 15 nitrogen and oxygen atoms in total. The number of thiophene rings is 3. The number of rotatable bonds is 9. The second kappa shape index (κ2) is 25.1. The fourth-order valence-corrected chi connectivity index (χ4v) is 10.1. The van der Waals surface area contributed by atoms with Gasteiger partial charge in [0.05, 0.1) is 23.7 Å². The average Bonchev–Trinajstić information content (AvgIpc) is 3.85. The fraction of sp³-hybridized carbons (Fsp3) is 0.514. The Morgan fingerprint density at radius 3 is 1.32 bits per heavy atom. The first kappa shape index (κ1) is 54.0. The molecule has 2 N–H and O–H groups in total. The second-order valence-electron chi connectivity index (χ2n) is 12.8. The Morgan fingerprint density at radius 1 is 0.661 bits per heavy atom. The first-order chi connectivity index (χ1) is 27.5. The molecule has 0 bridgehead atoms. The van der Waals surface area contributed by atoms with Gasteiger partial charge in [-0.2, -0.15) is 0 Å². The van der Waals surface area contributed by atoms with Gasteiger partial charge in [-0.05, 0) is 94.0 Å². The Hall–Kier alpha value is -2.99. The Bertz CT molecular complexity index is 2620. The molecule has 0 aliphatic heterocycles. The van der Waals surface area contributed by atoms with Crippen molar-refractivity contribution in [3.05, 3.63) is 92.2 Å². The van der Waals surface area contributed by atoms with Crippen LogP contribution in [0.2, 0.25) is 0 Å². The average molecular weight is 1020 g/mol. The summed E-state index contributed by atoms with van der Waals surface area (Å²) in [6.45, 7) is 11.0. The van der Waals surface area contributed by atoms with E-state index in [0.29, 0.717) is 40.5 Å². The third-order valence-electron chi connectivity index (χ3n) is 8.95. The third kappa shape index (κ3) is 11.9. The number of hydrogen-bond acceptors (Lipinski definition) is 13. The molecule has 22 heteroatoms. The summed E-state index contributed by atoms with van der Waals surface area (Å²) in [4.78, 5) is 75.4. The number of aliphatic hydroxyl groups excluding tert-OH is 2. The molecule has 0 aliphatic carbocycles. The van der Waals surface area contributed by atoms with Gasteiger partial charge < -0.3 is 10.2 Å². The zero-order chi connectivity index (χ0) is 44.2. The first-order valence-corrected chi connectivity index (χ1v) is 22.5. The van der Waals surface area contributed by atoms with Crippen LogP contribution in [0.4, 0.5) is 0 Å². The number of aryl methyl sites for hydroxylation is 6. The standard InChI is InChI=1S/C12H15BrN2O2S.C12H16N2O2S.C11H13BrN2O3S.CH4O.CH4.BHNS/c1-4-5-6-15-10(16)8-7(2)9(13)18-11(8)14(3)12(15)17;1-4-5-6-14-10(15)9-8(2)7-17-11(9)13(3)12(14)16;1-6-7-9(16)14(4-3-5-15)11(17)13(2)10(7)18-8(6)12;1-2;;1-2-3/h4-6H2,1-3H3;7H,4-6H2,1-3H3;15H,3-5H2,1-2H3;2H,1H3;1H4;3H. The normalized spacial score (nSPS) is 10.5. The first-order valence-electron chi connectivity index (χ1n) is 18.0. The zero-order valence-corrected chi connectivity index (χ0v) is 40.4. The summed E-state index contributed by atoms with van der Waals surface area (Å²) in [6, 6.07) is 0. The van der Waals surface area contributed by atoms with Crippen LogP contribution in [0.5, 0.6) is 0 Å². The van der Waals surface area contributed by atoms with Crippen molar-refractivity contribution < 1.29 is 10.2 Å². The third-order valence-corrected chi connectivity index (χ3v) is 14.6. The molecule has 6 aromatic rings.